The van der Waals surface area contributed by atoms with E-state index in [4.69, 9.17) is 4.74 Å². The zero-order chi connectivity index (χ0) is 18.9. The second-order valence-electron chi connectivity index (χ2n) is 5.92. The Morgan fingerprint density at radius 1 is 1.15 bits per heavy atom. The van der Waals surface area contributed by atoms with Crippen LogP contribution in [0.15, 0.2) is 30.6 Å². The number of halogens is 3. The monoisotopic (exact) mass is 363 g/mol. The van der Waals surface area contributed by atoms with E-state index in [9.17, 15) is 13.2 Å². The van der Waals surface area contributed by atoms with Gasteiger partial charge in [0.25, 0.3) is 5.92 Å². The van der Waals surface area contributed by atoms with Gasteiger partial charge in [0.15, 0.2) is 0 Å². The van der Waals surface area contributed by atoms with Gasteiger partial charge in [0.05, 0.1) is 16.9 Å². The van der Waals surface area contributed by atoms with Crippen molar-refractivity contribution in [2.45, 2.75) is 33.3 Å². The van der Waals surface area contributed by atoms with E-state index in [0.717, 1.165) is 17.7 Å². The van der Waals surface area contributed by atoms with Crippen molar-refractivity contribution in [1.29, 1.82) is 0 Å². The molecule has 6 nitrogen and oxygen atoms in total. The first-order valence-corrected chi connectivity index (χ1v) is 7.76. The highest BCUT2D eigenvalue weighted by Crippen LogP contribution is 2.31. The zero-order valence-electron chi connectivity index (χ0n) is 14.4. The third kappa shape index (κ3) is 3.66. The lowest BCUT2D eigenvalue weighted by Crippen LogP contribution is -2.11. The van der Waals surface area contributed by atoms with Gasteiger partial charge in [-0.1, -0.05) is 5.21 Å². The summed E-state index contributed by atoms with van der Waals surface area (Å²) in [6.45, 7) is 4.27. The van der Waals surface area contributed by atoms with E-state index in [1.54, 1.807) is 19.3 Å². The van der Waals surface area contributed by atoms with Crippen LogP contribution in [0.3, 0.4) is 0 Å². The Labute approximate surface area is 147 Å². The molecule has 0 aliphatic heterocycles. The lowest BCUT2D eigenvalue weighted by Gasteiger charge is -2.13. The van der Waals surface area contributed by atoms with Gasteiger partial charge in [-0.15, -0.1) is 5.10 Å². The minimum absolute atomic E-state index is 0.0624. The maximum absolute atomic E-state index is 13.7. The van der Waals surface area contributed by atoms with Crippen molar-refractivity contribution in [3.63, 3.8) is 0 Å². The minimum Gasteiger partial charge on any atom is -0.457 e. The van der Waals surface area contributed by atoms with Crippen LogP contribution in [0.5, 0.6) is 6.01 Å². The molecule has 0 saturated carbocycles. The van der Waals surface area contributed by atoms with Crippen LogP contribution in [0.1, 0.15) is 29.4 Å². The van der Waals surface area contributed by atoms with Gasteiger partial charge in [-0.2, -0.15) is 0 Å². The fourth-order valence-corrected chi connectivity index (χ4v) is 2.31. The van der Waals surface area contributed by atoms with Gasteiger partial charge in [-0.3, -0.25) is 0 Å². The Morgan fingerprint density at radius 2 is 1.85 bits per heavy atom. The standard InChI is InChI=1S/C17H16F3N5O/c1-10-7-21-16(22-8-10)26-9-15-11(2)25(24-23-15)12-4-5-14(18)13(6-12)17(3,19)20/h4-8H,9H2,1-3H3. The second kappa shape index (κ2) is 6.74. The van der Waals surface area contributed by atoms with Crippen LogP contribution < -0.4 is 4.74 Å². The van der Waals surface area contributed by atoms with Crippen molar-refractivity contribution < 1.29 is 17.9 Å². The van der Waals surface area contributed by atoms with Crippen LogP contribution in [0.2, 0.25) is 0 Å². The Morgan fingerprint density at radius 3 is 2.50 bits per heavy atom. The smallest absolute Gasteiger partial charge is 0.316 e. The van der Waals surface area contributed by atoms with Crippen molar-refractivity contribution in [2.24, 2.45) is 0 Å². The van der Waals surface area contributed by atoms with E-state index in [2.05, 4.69) is 20.3 Å². The first-order valence-electron chi connectivity index (χ1n) is 7.76. The summed E-state index contributed by atoms with van der Waals surface area (Å²) in [4.78, 5) is 8.05. The third-order valence-electron chi connectivity index (χ3n) is 3.75. The van der Waals surface area contributed by atoms with Crippen LogP contribution in [0.4, 0.5) is 13.2 Å². The average molecular weight is 363 g/mol. The maximum Gasteiger partial charge on any atom is 0.316 e. The molecule has 0 unspecified atom stereocenters. The Hall–Kier alpha value is -2.97. The number of ether oxygens (including phenoxy) is 1. The van der Waals surface area contributed by atoms with E-state index in [1.165, 1.54) is 10.7 Å². The molecule has 3 aromatic rings. The van der Waals surface area contributed by atoms with Gasteiger partial charge in [0.1, 0.15) is 18.1 Å². The molecule has 26 heavy (non-hydrogen) atoms. The molecule has 0 aliphatic carbocycles. The topological polar surface area (TPSA) is 65.7 Å². The van der Waals surface area contributed by atoms with Gasteiger partial charge in [0.2, 0.25) is 0 Å². The van der Waals surface area contributed by atoms with Crippen LogP contribution in [0, 0.1) is 19.7 Å². The first-order chi connectivity index (χ1) is 12.3. The fourth-order valence-electron chi connectivity index (χ4n) is 2.31. The highest BCUT2D eigenvalue weighted by Gasteiger charge is 2.29. The molecule has 0 amide bonds. The quantitative estimate of drug-likeness (QED) is 0.694. The highest BCUT2D eigenvalue weighted by atomic mass is 19.3. The van der Waals surface area contributed by atoms with Crippen molar-refractivity contribution in [1.82, 2.24) is 25.0 Å². The van der Waals surface area contributed by atoms with Crippen molar-refractivity contribution in [2.75, 3.05) is 0 Å². The predicted octanol–water partition coefficient (Wildman–Crippen LogP) is 3.50. The van der Waals surface area contributed by atoms with E-state index >= 15 is 0 Å². The molecule has 1 aromatic carbocycles. The molecule has 2 heterocycles. The molecule has 136 valence electrons. The number of hydrogen-bond donors (Lipinski definition) is 0. The summed E-state index contributed by atoms with van der Waals surface area (Å²) in [6, 6.07) is 3.60. The number of alkyl halides is 2. The SMILES string of the molecule is Cc1cnc(OCc2nnn(-c3ccc(F)c(C(C)(F)F)c3)c2C)nc1. The second-order valence-corrected chi connectivity index (χ2v) is 5.92. The maximum atomic E-state index is 13.7. The summed E-state index contributed by atoms with van der Waals surface area (Å²) in [5.74, 6) is -4.28. The number of aromatic nitrogens is 5. The summed E-state index contributed by atoms with van der Waals surface area (Å²) >= 11 is 0. The van der Waals surface area contributed by atoms with Gasteiger partial charge in [0, 0.05) is 19.3 Å². The lowest BCUT2D eigenvalue weighted by atomic mass is 10.1. The fraction of sp³-hybridized carbons (Fsp3) is 0.294. The van der Waals surface area contributed by atoms with Gasteiger partial charge >= 0.3 is 6.01 Å². The first kappa shape index (κ1) is 17.8. The number of nitrogens with zero attached hydrogens (tertiary/aromatic N) is 5. The normalized spacial score (nSPS) is 11.6. The van der Waals surface area contributed by atoms with Crippen molar-refractivity contribution >= 4 is 0 Å². The summed E-state index contributed by atoms with van der Waals surface area (Å²) in [6.07, 6.45) is 3.24. The minimum atomic E-state index is -3.30. The van der Waals surface area contributed by atoms with Gasteiger partial charge < -0.3 is 4.74 Å². The molecule has 0 fully saturated rings. The molecule has 0 bridgehead atoms. The van der Waals surface area contributed by atoms with Crippen molar-refractivity contribution in [3.8, 4) is 11.7 Å². The number of aryl methyl sites for hydroxylation is 1. The number of benzene rings is 1. The molecule has 3 rings (SSSR count). The largest absolute Gasteiger partial charge is 0.457 e. The van der Waals surface area contributed by atoms with Gasteiger partial charge in [-0.25, -0.2) is 27.8 Å². The molecule has 0 N–H and O–H groups in total. The molecule has 0 saturated heterocycles. The molecule has 0 radical (unpaired) electrons. The molecule has 0 atom stereocenters. The molecular formula is C17H16F3N5O. The molecule has 0 spiro atoms. The summed E-state index contributed by atoms with van der Waals surface area (Å²) < 4.78 is 47.5. The van der Waals surface area contributed by atoms with E-state index in [0.29, 0.717) is 18.3 Å². The highest BCUT2D eigenvalue weighted by molar-refractivity contribution is 5.39. The van der Waals surface area contributed by atoms with E-state index in [-0.39, 0.29) is 18.3 Å². The number of rotatable bonds is 5. The summed E-state index contributed by atoms with van der Waals surface area (Å²) in [7, 11) is 0. The van der Waals surface area contributed by atoms with Crippen LogP contribution in [-0.4, -0.2) is 25.0 Å². The Bertz CT molecular complexity index is 919. The number of hydrogen-bond acceptors (Lipinski definition) is 5. The molecule has 0 aliphatic rings. The average Bonchev–Trinajstić information content (AvgIpc) is 2.95. The van der Waals surface area contributed by atoms with Crippen LogP contribution >= 0.6 is 0 Å². The summed E-state index contributed by atoms with van der Waals surface area (Å²) in [5.41, 5.74) is 1.55. The lowest BCUT2D eigenvalue weighted by molar-refractivity contribution is 0.0137. The van der Waals surface area contributed by atoms with E-state index in [1.807, 2.05) is 6.92 Å². The molecular weight excluding hydrogens is 347 g/mol. The molecule has 9 heteroatoms. The predicted molar refractivity (Wildman–Crippen MR) is 86.7 cm³/mol. The van der Waals surface area contributed by atoms with Gasteiger partial charge in [-0.05, 0) is 37.6 Å². The van der Waals surface area contributed by atoms with E-state index < -0.39 is 17.3 Å². The van der Waals surface area contributed by atoms with Crippen molar-refractivity contribution in [3.05, 3.63) is 58.9 Å². The zero-order valence-corrected chi connectivity index (χ0v) is 14.4. The Kier molecular flexibility index (Phi) is 4.62. The summed E-state index contributed by atoms with van der Waals surface area (Å²) in [5, 5.41) is 7.93. The van der Waals surface area contributed by atoms with Crippen LogP contribution in [0.25, 0.3) is 5.69 Å². The van der Waals surface area contributed by atoms with Crippen LogP contribution in [-0.2, 0) is 12.5 Å². The third-order valence-corrected chi connectivity index (χ3v) is 3.75. The Balaban J connectivity index is 1.84. The molecule has 2 aromatic heterocycles.